The van der Waals surface area contributed by atoms with Crippen molar-refractivity contribution in [1.82, 2.24) is 4.31 Å². The van der Waals surface area contributed by atoms with Gasteiger partial charge in [0.2, 0.25) is 10.0 Å². The van der Waals surface area contributed by atoms with Gasteiger partial charge in [0, 0.05) is 43.1 Å². The minimum atomic E-state index is -3.57. The zero-order chi connectivity index (χ0) is 21.1. The molecule has 2 heterocycles. The zero-order valence-electron chi connectivity index (χ0n) is 17.4. The van der Waals surface area contributed by atoms with Crippen LogP contribution in [0.5, 0.6) is 0 Å². The summed E-state index contributed by atoms with van der Waals surface area (Å²) < 4.78 is 27.5. The van der Waals surface area contributed by atoms with Crippen molar-refractivity contribution in [3.8, 4) is 0 Å². The molecule has 0 radical (unpaired) electrons. The molecule has 0 unspecified atom stereocenters. The highest BCUT2D eigenvalue weighted by Gasteiger charge is 2.27. The number of anilines is 2. The fourth-order valence-corrected chi connectivity index (χ4v) is 5.73. The lowest BCUT2D eigenvalue weighted by Crippen LogP contribution is -2.35. The van der Waals surface area contributed by atoms with Crippen molar-refractivity contribution in [3.63, 3.8) is 0 Å². The summed E-state index contributed by atoms with van der Waals surface area (Å²) in [5.74, 6) is -0.294. The standard InChI is InChI=1S/C23H29N3O3S/c1-18-7-12-21(30(28,29)26-15-3-2-4-16-26)17-22(18)23(27)24-19-8-10-20(11-9-19)25-13-5-6-14-25/h7-12,17H,2-6,13-16H2,1H3,(H,24,27). The van der Waals surface area contributed by atoms with Crippen LogP contribution < -0.4 is 10.2 Å². The highest BCUT2D eigenvalue weighted by atomic mass is 32.2. The summed E-state index contributed by atoms with van der Waals surface area (Å²) in [6, 6.07) is 12.6. The minimum Gasteiger partial charge on any atom is -0.372 e. The number of carbonyl (C=O) groups is 1. The number of rotatable bonds is 5. The molecule has 1 amide bonds. The molecule has 0 aliphatic carbocycles. The van der Waals surface area contributed by atoms with Crippen LogP contribution in [0.3, 0.4) is 0 Å². The average molecular weight is 428 g/mol. The van der Waals surface area contributed by atoms with E-state index in [1.54, 1.807) is 12.1 Å². The number of hydrogen-bond donors (Lipinski definition) is 1. The van der Waals surface area contributed by atoms with E-state index < -0.39 is 10.0 Å². The van der Waals surface area contributed by atoms with Crippen LogP contribution in [0.25, 0.3) is 0 Å². The second-order valence-corrected chi connectivity index (χ2v) is 10.1. The lowest BCUT2D eigenvalue weighted by atomic mass is 10.1. The van der Waals surface area contributed by atoms with Crippen molar-refractivity contribution in [2.75, 3.05) is 36.4 Å². The molecule has 6 nitrogen and oxygen atoms in total. The van der Waals surface area contributed by atoms with Gasteiger partial charge in [-0.05, 0) is 74.6 Å². The number of nitrogens with zero attached hydrogens (tertiary/aromatic N) is 2. The predicted molar refractivity (Wildman–Crippen MR) is 120 cm³/mol. The molecule has 2 aromatic rings. The molecule has 30 heavy (non-hydrogen) atoms. The Morgan fingerprint density at radius 2 is 1.50 bits per heavy atom. The normalized spacial score (nSPS) is 17.8. The van der Waals surface area contributed by atoms with Gasteiger partial charge in [0.15, 0.2) is 0 Å². The quantitative estimate of drug-likeness (QED) is 0.782. The van der Waals surface area contributed by atoms with Gasteiger partial charge >= 0.3 is 0 Å². The topological polar surface area (TPSA) is 69.7 Å². The number of sulfonamides is 1. The number of benzene rings is 2. The molecule has 160 valence electrons. The van der Waals surface area contributed by atoms with Gasteiger partial charge in [0.25, 0.3) is 5.91 Å². The Morgan fingerprint density at radius 3 is 2.17 bits per heavy atom. The third-order valence-electron chi connectivity index (χ3n) is 6.00. The summed E-state index contributed by atoms with van der Waals surface area (Å²) in [6.07, 6.45) is 5.25. The monoisotopic (exact) mass is 427 g/mol. The number of aryl methyl sites for hydroxylation is 1. The Kier molecular flexibility index (Phi) is 6.11. The van der Waals surface area contributed by atoms with Gasteiger partial charge < -0.3 is 10.2 Å². The number of nitrogens with one attached hydrogen (secondary N) is 1. The Balaban J connectivity index is 1.51. The van der Waals surface area contributed by atoms with Crippen LogP contribution in [0.15, 0.2) is 47.4 Å². The highest BCUT2D eigenvalue weighted by Crippen LogP contribution is 2.25. The average Bonchev–Trinajstić information content (AvgIpc) is 3.30. The smallest absolute Gasteiger partial charge is 0.255 e. The SMILES string of the molecule is Cc1ccc(S(=O)(=O)N2CCCCC2)cc1C(=O)Nc1ccc(N2CCCC2)cc1. The molecule has 2 fully saturated rings. The first-order chi connectivity index (χ1) is 14.4. The van der Waals surface area contributed by atoms with Crippen LogP contribution in [0.4, 0.5) is 11.4 Å². The van der Waals surface area contributed by atoms with Crippen molar-refractivity contribution < 1.29 is 13.2 Å². The van der Waals surface area contributed by atoms with Gasteiger partial charge in [-0.1, -0.05) is 12.5 Å². The van der Waals surface area contributed by atoms with Crippen LogP contribution in [-0.2, 0) is 10.0 Å². The number of carbonyl (C=O) groups excluding carboxylic acids is 1. The summed E-state index contributed by atoms with van der Waals surface area (Å²) >= 11 is 0. The molecule has 0 spiro atoms. The predicted octanol–water partition coefficient (Wildman–Crippen LogP) is 4.02. The minimum absolute atomic E-state index is 0.185. The lowest BCUT2D eigenvalue weighted by Gasteiger charge is -2.26. The second-order valence-electron chi connectivity index (χ2n) is 8.14. The van der Waals surface area contributed by atoms with E-state index in [1.165, 1.54) is 23.2 Å². The Bertz CT molecular complexity index is 1010. The fraction of sp³-hybridized carbons (Fsp3) is 0.435. The summed E-state index contributed by atoms with van der Waals surface area (Å²) in [4.78, 5) is 15.4. The van der Waals surface area contributed by atoms with Gasteiger partial charge in [-0.3, -0.25) is 4.79 Å². The Morgan fingerprint density at radius 1 is 0.867 bits per heavy atom. The molecule has 0 saturated carbocycles. The molecule has 0 bridgehead atoms. The molecule has 4 rings (SSSR count). The molecular formula is C23H29N3O3S. The summed E-state index contributed by atoms with van der Waals surface area (Å²) in [5, 5.41) is 2.91. The number of piperidine rings is 1. The first kappa shape index (κ1) is 20.9. The molecule has 2 aliphatic rings. The molecule has 1 N–H and O–H groups in total. The highest BCUT2D eigenvalue weighted by molar-refractivity contribution is 7.89. The molecular weight excluding hydrogens is 398 g/mol. The van der Waals surface area contributed by atoms with Gasteiger partial charge in [-0.25, -0.2) is 8.42 Å². The van der Waals surface area contributed by atoms with Gasteiger partial charge in [0.05, 0.1) is 4.90 Å². The van der Waals surface area contributed by atoms with Gasteiger partial charge in [0.1, 0.15) is 0 Å². The van der Waals surface area contributed by atoms with Crippen LogP contribution in [-0.4, -0.2) is 44.8 Å². The van der Waals surface area contributed by atoms with E-state index in [1.807, 2.05) is 31.2 Å². The van der Waals surface area contributed by atoms with Crippen LogP contribution in [0.1, 0.15) is 48.0 Å². The van der Waals surface area contributed by atoms with E-state index in [4.69, 9.17) is 0 Å². The van der Waals surface area contributed by atoms with E-state index in [0.29, 0.717) is 24.3 Å². The van der Waals surface area contributed by atoms with Crippen LogP contribution in [0.2, 0.25) is 0 Å². The fourth-order valence-electron chi connectivity index (χ4n) is 4.19. The maximum absolute atomic E-state index is 13.0. The molecule has 0 atom stereocenters. The maximum atomic E-state index is 13.0. The zero-order valence-corrected chi connectivity index (χ0v) is 18.2. The van der Waals surface area contributed by atoms with Crippen molar-refractivity contribution in [3.05, 3.63) is 53.6 Å². The van der Waals surface area contributed by atoms with E-state index in [-0.39, 0.29) is 10.8 Å². The third kappa shape index (κ3) is 4.37. The lowest BCUT2D eigenvalue weighted by molar-refractivity contribution is 0.102. The van der Waals surface area contributed by atoms with Crippen molar-refractivity contribution in [2.45, 2.75) is 43.9 Å². The largest absolute Gasteiger partial charge is 0.372 e. The van der Waals surface area contributed by atoms with E-state index >= 15 is 0 Å². The molecule has 2 saturated heterocycles. The van der Waals surface area contributed by atoms with E-state index in [2.05, 4.69) is 10.2 Å². The number of amides is 1. The van der Waals surface area contributed by atoms with Gasteiger partial charge in [-0.15, -0.1) is 0 Å². The van der Waals surface area contributed by atoms with Crippen molar-refractivity contribution >= 4 is 27.3 Å². The summed E-state index contributed by atoms with van der Waals surface area (Å²) in [7, 11) is -3.57. The summed E-state index contributed by atoms with van der Waals surface area (Å²) in [5.41, 5.74) is 3.00. The van der Waals surface area contributed by atoms with E-state index in [0.717, 1.165) is 43.6 Å². The molecule has 2 aromatic carbocycles. The third-order valence-corrected chi connectivity index (χ3v) is 7.90. The van der Waals surface area contributed by atoms with Crippen molar-refractivity contribution in [2.24, 2.45) is 0 Å². The Hall–Kier alpha value is -2.38. The second kappa shape index (κ2) is 8.78. The molecule has 7 heteroatoms. The summed E-state index contributed by atoms with van der Waals surface area (Å²) in [6.45, 7) is 5.05. The molecule has 2 aliphatic heterocycles. The molecule has 0 aromatic heterocycles. The van der Waals surface area contributed by atoms with Crippen LogP contribution >= 0.6 is 0 Å². The van der Waals surface area contributed by atoms with E-state index in [9.17, 15) is 13.2 Å². The van der Waals surface area contributed by atoms with Crippen LogP contribution in [0, 0.1) is 6.92 Å². The van der Waals surface area contributed by atoms with Gasteiger partial charge in [-0.2, -0.15) is 4.31 Å². The first-order valence-electron chi connectivity index (χ1n) is 10.7. The Labute approximate surface area is 178 Å². The maximum Gasteiger partial charge on any atom is 0.255 e. The first-order valence-corrected chi connectivity index (χ1v) is 12.2. The number of hydrogen-bond acceptors (Lipinski definition) is 4. The van der Waals surface area contributed by atoms with Crippen molar-refractivity contribution in [1.29, 1.82) is 0 Å².